The molecule has 0 atom stereocenters. The molecule has 1 rings (SSSR count). The first-order valence-electron chi connectivity index (χ1n) is 6.04. The summed E-state index contributed by atoms with van der Waals surface area (Å²) in [5, 5.41) is 16.6. The van der Waals surface area contributed by atoms with Crippen molar-refractivity contribution in [3.63, 3.8) is 0 Å². The number of benzene rings is 1. The van der Waals surface area contributed by atoms with Crippen LogP contribution >= 0.6 is 0 Å². The molecule has 0 spiro atoms. The molecule has 7 heteroatoms. The van der Waals surface area contributed by atoms with E-state index in [1.165, 1.54) is 12.1 Å². The molecule has 1 aromatic carbocycles. The third kappa shape index (κ3) is 5.71. The first-order chi connectivity index (χ1) is 8.99. The molecule has 0 unspecified atom stereocenters. The van der Waals surface area contributed by atoms with Crippen LogP contribution in [0.25, 0.3) is 0 Å². The molecular weight excluding hydrogens is 246 g/mol. The molecule has 0 saturated heterocycles. The van der Waals surface area contributed by atoms with Crippen LogP contribution in [0.2, 0.25) is 0 Å². The molecule has 0 fully saturated rings. The Hall–Kier alpha value is -2.31. The number of nitrogens with two attached hydrogens (primary N) is 1. The molecule has 0 aliphatic rings. The zero-order chi connectivity index (χ0) is 14.3. The van der Waals surface area contributed by atoms with Crippen LogP contribution in [0.5, 0.6) is 0 Å². The Morgan fingerprint density at radius 2 is 2.05 bits per heavy atom. The molecule has 0 aliphatic carbocycles. The third-order valence-corrected chi connectivity index (χ3v) is 2.24. The van der Waals surface area contributed by atoms with E-state index in [9.17, 15) is 10.1 Å². The molecule has 0 saturated carbocycles. The fourth-order valence-corrected chi connectivity index (χ4v) is 1.42. The molecule has 4 N–H and O–H groups in total. The zero-order valence-electron chi connectivity index (χ0n) is 11.1. The van der Waals surface area contributed by atoms with E-state index in [2.05, 4.69) is 15.6 Å². The van der Waals surface area contributed by atoms with Gasteiger partial charge in [0.15, 0.2) is 5.96 Å². The van der Waals surface area contributed by atoms with Crippen LogP contribution in [0, 0.1) is 10.1 Å². The second-order valence-corrected chi connectivity index (χ2v) is 4.30. The van der Waals surface area contributed by atoms with E-state index in [0.29, 0.717) is 19.0 Å². The van der Waals surface area contributed by atoms with Crippen molar-refractivity contribution in [3.8, 4) is 0 Å². The number of hydrogen-bond acceptors (Lipinski definition) is 4. The number of nitro groups is 1. The van der Waals surface area contributed by atoms with Gasteiger partial charge in [0.2, 0.25) is 0 Å². The lowest BCUT2D eigenvalue weighted by atomic mass is 10.3. The Labute approximate surface area is 112 Å². The smallest absolute Gasteiger partial charge is 0.269 e. The fraction of sp³-hybridized carbons (Fsp3) is 0.417. The third-order valence-electron chi connectivity index (χ3n) is 2.24. The van der Waals surface area contributed by atoms with Gasteiger partial charge in [-0.25, -0.2) is 0 Å². The molecule has 0 heterocycles. The Bertz CT molecular complexity index is 442. The minimum Gasteiger partial charge on any atom is -0.383 e. The molecule has 7 nitrogen and oxygen atoms in total. The maximum atomic E-state index is 10.5. The largest absolute Gasteiger partial charge is 0.383 e. The SMILES string of the molecule is CC(C)NC(N)=NCCNc1ccc([N+](=O)[O-])cc1. The number of nitrogens with one attached hydrogen (secondary N) is 2. The van der Waals surface area contributed by atoms with Gasteiger partial charge >= 0.3 is 0 Å². The molecule has 104 valence electrons. The van der Waals surface area contributed by atoms with E-state index in [1.807, 2.05) is 13.8 Å². The highest BCUT2D eigenvalue weighted by molar-refractivity contribution is 5.78. The quantitative estimate of drug-likeness (QED) is 0.236. The molecule has 0 aromatic heterocycles. The monoisotopic (exact) mass is 265 g/mol. The minimum absolute atomic E-state index is 0.0777. The summed E-state index contributed by atoms with van der Waals surface area (Å²) in [6, 6.07) is 6.50. The molecule has 1 aromatic rings. The lowest BCUT2D eigenvalue weighted by Gasteiger charge is -2.09. The minimum atomic E-state index is -0.424. The maximum Gasteiger partial charge on any atom is 0.269 e. The van der Waals surface area contributed by atoms with Crippen LogP contribution in [-0.2, 0) is 0 Å². The first-order valence-corrected chi connectivity index (χ1v) is 6.04. The van der Waals surface area contributed by atoms with Gasteiger partial charge in [0.1, 0.15) is 0 Å². The van der Waals surface area contributed by atoms with Gasteiger partial charge in [-0.15, -0.1) is 0 Å². The standard InChI is InChI=1S/C12H19N5O2/c1-9(2)16-12(13)15-8-7-14-10-3-5-11(6-4-10)17(18)19/h3-6,9,14H,7-8H2,1-2H3,(H3,13,15,16). The number of guanidine groups is 1. The van der Waals surface area contributed by atoms with E-state index in [1.54, 1.807) is 12.1 Å². The van der Waals surface area contributed by atoms with Crippen molar-refractivity contribution >= 4 is 17.3 Å². The number of hydrogen-bond donors (Lipinski definition) is 3. The van der Waals surface area contributed by atoms with Gasteiger partial charge in [0, 0.05) is 30.4 Å². The van der Waals surface area contributed by atoms with Crippen molar-refractivity contribution in [3.05, 3.63) is 34.4 Å². The fourth-order valence-electron chi connectivity index (χ4n) is 1.42. The van der Waals surface area contributed by atoms with E-state index in [4.69, 9.17) is 5.73 Å². The van der Waals surface area contributed by atoms with E-state index in [0.717, 1.165) is 5.69 Å². The summed E-state index contributed by atoms with van der Waals surface area (Å²) in [4.78, 5) is 14.2. The Balaban J connectivity index is 2.35. The van der Waals surface area contributed by atoms with E-state index >= 15 is 0 Å². The predicted octanol–water partition coefficient (Wildman–Crippen LogP) is 1.32. The van der Waals surface area contributed by atoms with Gasteiger partial charge in [-0.3, -0.25) is 15.1 Å². The molecular formula is C12H19N5O2. The van der Waals surface area contributed by atoms with Crippen molar-refractivity contribution < 1.29 is 4.92 Å². The lowest BCUT2D eigenvalue weighted by molar-refractivity contribution is -0.384. The molecule has 0 aliphatic heterocycles. The Kier molecular flexibility index (Phi) is 5.59. The highest BCUT2D eigenvalue weighted by atomic mass is 16.6. The van der Waals surface area contributed by atoms with Gasteiger partial charge < -0.3 is 16.4 Å². The van der Waals surface area contributed by atoms with Crippen molar-refractivity contribution in [1.29, 1.82) is 0 Å². The normalized spacial score (nSPS) is 11.4. The van der Waals surface area contributed by atoms with Crippen LogP contribution < -0.4 is 16.4 Å². The lowest BCUT2D eigenvalue weighted by Crippen LogP contribution is -2.37. The number of nitrogens with zero attached hydrogens (tertiary/aromatic N) is 2. The summed E-state index contributed by atoms with van der Waals surface area (Å²) >= 11 is 0. The summed E-state index contributed by atoms with van der Waals surface area (Å²) < 4.78 is 0. The summed E-state index contributed by atoms with van der Waals surface area (Å²) in [6.07, 6.45) is 0. The molecule has 0 amide bonds. The number of nitro benzene ring substituents is 1. The second kappa shape index (κ2) is 7.20. The number of rotatable bonds is 6. The Morgan fingerprint density at radius 1 is 1.42 bits per heavy atom. The molecule has 19 heavy (non-hydrogen) atoms. The number of non-ortho nitro benzene ring substituents is 1. The van der Waals surface area contributed by atoms with Crippen molar-refractivity contribution in [1.82, 2.24) is 5.32 Å². The van der Waals surface area contributed by atoms with Crippen LogP contribution in [0.3, 0.4) is 0 Å². The van der Waals surface area contributed by atoms with Gasteiger partial charge in [-0.2, -0.15) is 0 Å². The molecule has 0 radical (unpaired) electrons. The molecule has 0 bridgehead atoms. The Morgan fingerprint density at radius 3 is 2.58 bits per heavy atom. The van der Waals surface area contributed by atoms with Crippen molar-refractivity contribution in [2.24, 2.45) is 10.7 Å². The van der Waals surface area contributed by atoms with Crippen LogP contribution in [0.1, 0.15) is 13.8 Å². The van der Waals surface area contributed by atoms with Gasteiger partial charge in [0.05, 0.1) is 11.5 Å². The topological polar surface area (TPSA) is 106 Å². The van der Waals surface area contributed by atoms with Gasteiger partial charge in [-0.05, 0) is 26.0 Å². The van der Waals surface area contributed by atoms with Crippen LogP contribution in [0.15, 0.2) is 29.3 Å². The van der Waals surface area contributed by atoms with Crippen molar-refractivity contribution in [2.75, 3.05) is 18.4 Å². The maximum absolute atomic E-state index is 10.5. The highest BCUT2D eigenvalue weighted by Gasteiger charge is 2.03. The number of aliphatic imine (C=N–C) groups is 1. The van der Waals surface area contributed by atoms with Gasteiger partial charge in [-0.1, -0.05) is 0 Å². The van der Waals surface area contributed by atoms with Crippen LogP contribution in [0.4, 0.5) is 11.4 Å². The first kappa shape index (κ1) is 14.7. The number of anilines is 1. The highest BCUT2D eigenvalue weighted by Crippen LogP contribution is 2.14. The average molecular weight is 265 g/mol. The zero-order valence-corrected chi connectivity index (χ0v) is 11.1. The predicted molar refractivity (Wildman–Crippen MR) is 76.3 cm³/mol. The summed E-state index contributed by atoms with van der Waals surface area (Å²) in [5.74, 6) is 0.417. The van der Waals surface area contributed by atoms with E-state index in [-0.39, 0.29) is 11.7 Å². The summed E-state index contributed by atoms with van der Waals surface area (Å²) in [6.45, 7) is 5.11. The summed E-state index contributed by atoms with van der Waals surface area (Å²) in [5.41, 5.74) is 6.54. The average Bonchev–Trinajstić information content (AvgIpc) is 2.34. The van der Waals surface area contributed by atoms with Gasteiger partial charge in [0.25, 0.3) is 5.69 Å². The van der Waals surface area contributed by atoms with Crippen LogP contribution in [-0.4, -0.2) is 30.0 Å². The van der Waals surface area contributed by atoms with Crippen molar-refractivity contribution in [2.45, 2.75) is 19.9 Å². The van der Waals surface area contributed by atoms with E-state index < -0.39 is 4.92 Å². The second-order valence-electron chi connectivity index (χ2n) is 4.30. The summed E-state index contributed by atoms with van der Waals surface area (Å²) in [7, 11) is 0.